The topological polar surface area (TPSA) is 9.86 Å². The van der Waals surface area contributed by atoms with E-state index in [1.54, 1.807) is 0 Å². The van der Waals surface area contributed by atoms with Gasteiger partial charge in [0.2, 0.25) is 0 Å². The quantitative estimate of drug-likeness (QED) is 0.247. The van der Waals surface area contributed by atoms with E-state index in [0.717, 1.165) is 6.42 Å². The lowest BCUT2D eigenvalue weighted by atomic mass is 9.96. The second-order valence-electron chi connectivity index (χ2n) is 9.07. The Hall–Kier alpha value is -4.04. The predicted octanol–water partition coefficient (Wildman–Crippen LogP) is 9.35. The third kappa shape index (κ3) is 3.24. The number of fused-ring (bicyclic) bond motifs is 6. The van der Waals surface area contributed by atoms with E-state index in [9.17, 15) is 0 Å². The van der Waals surface area contributed by atoms with E-state index in [1.807, 2.05) is 13.8 Å². The number of hydrogen-bond donors (Lipinski definition) is 0. The minimum Gasteiger partial charge on any atom is -0.313 e. The highest BCUT2D eigenvalue weighted by molar-refractivity contribution is 6.12. The molecule has 1 aliphatic rings. The fourth-order valence-electron chi connectivity index (χ4n) is 5.61. The molecule has 0 aliphatic heterocycles. The van der Waals surface area contributed by atoms with Crippen LogP contribution in [0.4, 0.5) is 0 Å². The Labute approximate surface area is 206 Å². The summed E-state index contributed by atoms with van der Waals surface area (Å²) in [5.41, 5.74) is 7.68. The molecule has 0 fully saturated rings. The van der Waals surface area contributed by atoms with Crippen LogP contribution >= 0.6 is 0 Å². The number of nitrogens with zero attached hydrogens (tertiary/aromatic N) is 2. The minimum absolute atomic E-state index is 0.432. The van der Waals surface area contributed by atoms with Crippen molar-refractivity contribution in [2.45, 2.75) is 27.2 Å². The summed E-state index contributed by atoms with van der Waals surface area (Å²) in [6, 6.07) is 35.1. The smallest absolute Gasteiger partial charge is 0.0540 e. The van der Waals surface area contributed by atoms with Gasteiger partial charge in [-0.3, -0.25) is 0 Å². The summed E-state index contributed by atoms with van der Waals surface area (Å²) in [4.78, 5) is 0. The molecule has 172 valence electrons. The molecule has 0 radical (unpaired) electrons. The molecular formula is C33H30N2. The molecule has 2 heteroatoms. The first-order valence-corrected chi connectivity index (χ1v) is 12.7. The Morgan fingerprint density at radius 3 is 1.34 bits per heavy atom. The number of aromatic nitrogens is 2. The van der Waals surface area contributed by atoms with E-state index in [-0.39, 0.29) is 0 Å². The van der Waals surface area contributed by atoms with Crippen LogP contribution in [0, 0.1) is 5.92 Å². The van der Waals surface area contributed by atoms with Crippen molar-refractivity contribution in [2.24, 2.45) is 5.92 Å². The van der Waals surface area contributed by atoms with E-state index in [4.69, 9.17) is 0 Å². The maximum absolute atomic E-state index is 2.48. The average Bonchev–Trinajstić information content (AvgIpc) is 3.44. The van der Waals surface area contributed by atoms with Gasteiger partial charge in [-0.25, -0.2) is 0 Å². The zero-order valence-electron chi connectivity index (χ0n) is 20.6. The molecule has 6 aromatic rings. The molecule has 2 heterocycles. The summed E-state index contributed by atoms with van der Waals surface area (Å²) < 4.78 is 4.92. The lowest BCUT2D eigenvalue weighted by Gasteiger charge is -2.24. The summed E-state index contributed by atoms with van der Waals surface area (Å²) in [5.74, 6) is 0.432. The van der Waals surface area contributed by atoms with Gasteiger partial charge in [0.15, 0.2) is 0 Å². The summed E-state index contributed by atoms with van der Waals surface area (Å²) in [6.45, 7) is 6.34. The van der Waals surface area contributed by atoms with Gasteiger partial charge in [0.05, 0.1) is 22.1 Å². The summed E-state index contributed by atoms with van der Waals surface area (Å²) >= 11 is 0. The van der Waals surface area contributed by atoms with Crippen LogP contribution in [0.5, 0.6) is 0 Å². The molecular weight excluding hydrogens is 424 g/mol. The fraction of sp³-hybridized carbons (Fsp3) is 0.152. The van der Waals surface area contributed by atoms with Gasteiger partial charge in [-0.1, -0.05) is 99.6 Å². The first kappa shape index (κ1) is 21.5. The Morgan fingerprint density at radius 1 is 0.543 bits per heavy atom. The number of benzene rings is 4. The molecule has 1 aliphatic carbocycles. The Bertz CT molecular complexity index is 1650. The lowest BCUT2D eigenvalue weighted by molar-refractivity contribution is 0.724. The van der Waals surface area contributed by atoms with Gasteiger partial charge in [-0.15, -0.1) is 0 Å². The molecule has 2 nitrogen and oxygen atoms in total. The van der Waals surface area contributed by atoms with Crippen LogP contribution in [0.15, 0.2) is 109 Å². The standard InChI is InChI=1S/C31H24N2.C2H6/c1-21-18-19-22(32-27-14-6-2-10-23(27)24-11-3-7-15-28(24)32)20-31(21)33-29-16-8-4-12-25(29)26-13-5-9-17-30(26)33;1-2/h2-17,19-21H,18H2,1H3;1-2H3. The molecule has 0 saturated heterocycles. The Balaban J connectivity index is 0.00000112. The molecule has 0 spiro atoms. The van der Waals surface area contributed by atoms with Crippen LogP contribution in [-0.2, 0) is 0 Å². The Kier molecular flexibility index (Phi) is 5.30. The van der Waals surface area contributed by atoms with Crippen LogP contribution in [0.1, 0.15) is 27.2 Å². The van der Waals surface area contributed by atoms with Crippen molar-refractivity contribution >= 4 is 55.0 Å². The highest BCUT2D eigenvalue weighted by Gasteiger charge is 2.22. The fourth-order valence-corrected chi connectivity index (χ4v) is 5.61. The van der Waals surface area contributed by atoms with E-state index >= 15 is 0 Å². The monoisotopic (exact) mass is 454 g/mol. The third-order valence-electron chi connectivity index (χ3n) is 7.16. The van der Waals surface area contributed by atoms with E-state index in [1.165, 1.54) is 55.0 Å². The van der Waals surface area contributed by atoms with Crippen molar-refractivity contribution in [3.05, 3.63) is 109 Å². The highest BCUT2D eigenvalue weighted by atomic mass is 15.0. The van der Waals surface area contributed by atoms with Crippen molar-refractivity contribution in [3.63, 3.8) is 0 Å². The molecule has 35 heavy (non-hydrogen) atoms. The second kappa shape index (κ2) is 8.63. The van der Waals surface area contributed by atoms with Crippen molar-refractivity contribution in [1.29, 1.82) is 0 Å². The first-order chi connectivity index (χ1) is 17.3. The molecule has 4 aromatic carbocycles. The normalized spacial score (nSPS) is 15.8. The van der Waals surface area contributed by atoms with Gasteiger partial charge in [-0.05, 0) is 36.8 Å². The molecule has 1 unspecified atom stereocenters. The number of hydrogen-bond acceptors (Lipinski definition) is 0. The van der Waals surface area contributed by atoms with E-state index < -0.39 is 0 Å². The van der Waals surface area contributed by atoms with Crippen molar-refractivity contribution < 1.29 is 0 Å². The maximum atomic E-state index is 2.48. The van der Waals surface area contributed by atoms with E-state index in [2.05, 4.69) is 125 Å². The van der Waals surface area contributed by atoms with Crippen molar-refractivity contribution in [3.8, 4) is 0 Å². The van der Waals surface area contributed by atoms with Gasteiger partial charge >= 0.3 is 0 Å². The van der Waals surface area contributed by atoms with Crippen LogP contribution in [-0.4, -0.2) is 9.13 Å². The van der Waals surface area contributed by atoms with Crippen molar-refractivity contribution in [1.82, 2.24) is 9.13 Å². The van der Waals surface area contributed by atoms with Gasteiger partial charge in [0, 0.05) is 38.9 Å². The summed E-state index contributed by atoms with van der Waals surface area (Å²) in [6.07, 6.45) is 5.83. The van der Waals surface area contributed by atoms with Crippen molar-refractivity contribution in [2.75, 3.05) is 0 Å². The van der Waals surface area contributed by atoms with Crippen LogP contribution in [0.3, 0.4) is 0 Å². The average molecular weight is 455 g/mol. The molecule has 0 N–H and O–H groups in total. The Morgan fingerprint density at radius 2 is 0.914 bits per heavy atom. The van der Waals surface area contributed by atoms with Gasteiger partial charge < -0.3 is 9.13 Å². The number of rotatable bonds is 2. The third-order valence-corrected chi connectivity index (χ3v) is 7.16. The molecule has 0 saturated carbocycles. The molecule has 0 bridgehead atoms. The zero-order chi connectivity index (χ0) is 23.9. The minimum atomic E-state index is 0.432. The molecule has 0 amide bonds. The zero-order valence-corrected chi connectivity index (χ0v) is 20.6. The number of para-hydroxylation sites is 4. The molecule has 7 rings (SSSR count). The largest absolute Gasteiger partial charge is 0.313 e. The number of allylic oxidation sites excluding steroid dienone is 4. The van der Waals surface area contributed by atoms with E-state index in [0.29, 0.717) is 5.92 Å². The first-order valence-electron chi connectivity index (χ1n) is 12.7. The van der Waals surface area contributed by atoms with Crippen LogP contribution < -0.4 is 0 Å². The van der Waals surface area contributed by atoms with Gasteiger partial charge in [0.25, 0.3) is 0 Å². The van der Waals surface area contributed by atoms with Crippen LogP contribution in [0.25, 0.3) is 55.0 Å². The molecule has 2 aromatic heterocycles. The maximum Gasteiger partial charge on any atom is 0.0540 e. The SMILES string of the molecule is CC.CC1CC=C(n2c3ccccc3c3ccccc32)C=C1n1c2ccccc2c2ccccc21. The van der Waals surface area contributed by atoms with Gasteiger partial charge in [0.1, 0.15) is 0 Å². The predicted molar refractivity (Wildman–Crippen MR) is 153 cm³/mol. The highest BCUT2D eigenvalue weighted by Crippen LogP contribution is 2.40. The van der Waals surface area contributed by atoms with Crippen LogP contribution in [0.2, 0.25) is 0 Å². The lowest BCUT2D eigenvalue weighted by Crippen LogP contribution is -2.11. The second-order valence-corrected chi connectivity index (χ2v) is 9.07. The van der Waals surface area contributed by atoms with Gasteiger partial charge in [-0.2, -0.15) is 0 Å². The summed E-state index contributed by atoms with van der Waals surface area (Å²) in [7, 11) is 0. The summed E-state index contributed by atoms with van der Waals surface area (Å²) in [5, 5.41) is 5.24. The molecule has 1 atom stereocenters.